The van der Waals surface area contributed by atoms with Crippen LogP contribution in [-0.4, -0.2) is 24.9 Å². The van der Waals surface area contributed by atoms with Crippen molar-refractivity contribution in [2.45, 2.75) is 24.9 Å². The Kier molecular flexibility index (Phi) is 4.53. The molecule has 0 spiro atoms. The highest BCUT2D eigenvalue weighted by Gasteiger charge is 2.15. The molecular formula is C13H18N4O2S. The molecule has 0 fully saturated rings. The van der Waals surface area contributed by atoms with Gasteiger partial charge in [-0.1, -0.05) is 24.3 Å². The van der Waals surface area contributed by atoms with Gasteiger partial charge in [-0.05, 0) is 31.0 Å². The lowest BCUT2D eigenvalue weighted by atomic mass is 10.1. The predicted octanol–water partition coefficient (Wildman–Crippen LogP) is 0.698. The summed E-state index contributed by atoms with van der Waals surface area (Å²) < 4.78 is 26.5. The number of benzene rings is 1. The summed E-state index contributed by atoms with van der Waals surface area (Å²) in [6.45, 7) is 2.55. The quantitative estimate of drug-likeness (QED) is 0.730. The Labute approximate surface area is 118 Å². The lowest BCUT2D eigenvalue weighted by Gasteiger charge is -2.06. The molecule has 2 aromatic rings. The Bertz CT molecular complexity index is 662. The molecule has 4 N–H and O–H groups in total. The van der Waals surface area contributed by atoms with Crippen molar-refractivity contribution in [1.82, 2.24) is 14.7 Å². The standard InChI is InChI=1S/C13H18N4O2S/c1-10-15-9-13(17-10)20(18,19)16-8-12-4-2-11(3-5-12)6-7-14/h2-5,9,16H,6-8,14H2,1H3,(H,15,17). The van der Waals surface area contributed by atoms with Crippen molar-refractivity contribution in [2.24, 2.45) is 5.73 Å². The fraction of sp³-hybridized carbons (Fsp3) is 0.308. The summed E-state index contributed by atoms with van der Waals surface area (Å²) in [4.78, 5) is 6.59. The van der Waals surface area contributed by atoms with Crippen molar-refractivity contribution in [3.05, 3.63) is 47.4 Å². The van der Waals surface area contributed by atoms with Gasteiger partial charge in [0.05, 0.1) is 6.20 Å². The highest BCUT2D eigenvalue weighted by atomic mass is 32.2. The highest BCUT2D eigenvalue weighted by molar-refractivity contribution is 7.89. The first-order valence-electron chi connectivity index (χ1n) is 6.30. The molecule has 0 saturated carbocycles. The first kappa shape index (κ1) is 14.7. The Morgan fingerprint density at radius 1 is 1.25 bits per heavy atom. The lowest BCUT2D eigenvalue weighted by Crippen LogP contribution is -2.23. The van der Waals surface area contributed by atoms with Gasteiger partial charge in [-0.15, -0.1) is 0 Å². The summed E-state index contributed by atoms with van der Waals surface area (Å²) in [6.07, 6.45) is 2.13. The average molecular weight is 294 g/mol. The summed E-state index contributed by atoms with van der Waals surface area (Å²) in [6, 6.07) is 7.70. The third kappa shape index (κ3) is 3.66. The van der Waals surface area contributed by atoms with E-state index in [1.54, 1.807) is 6.92 Å². The number of rotatable bonds is 6. The van der Waals surface area contributed by atoms with Gasteiger partial charge in [-0.2, -0.15) is 0 Å². The molecule has 20 heavy (non-hydrogen) atoms. The minimum atomic E-state index is -3.55. The van der Waals surface area contributed by atoms with E-state index in [-0.39, 0.29) is 11.6 Å². The number of aryl methyl sites for hydroxylation is 1. The van der Waals surface area contributed by atoms with Crippen molar-refractivity contribution in [1.29, 1.82) is 0 Å². The summed E-state index contributed by atoms with van der Waals surface area (Å²) in [5.41, 5.74) is 7.52. The van der Waals surface area contributed by atoms with E-state index in [4.69, 9.17) is 5.73 Å². The lowest BCUT2D eigenvalue weighted by molar-refractivity contribution is 0.578. The Morgan fingerprint density at radius 2 is 1.90 bits per heavy atom. The number of aromatic nitrogens is 2. The van der Waals surface area contributed by atoms with Gasteiger partial charge >= 0.3 is 0 Å². The summed E-state index contributed by atoms with van der Waals surface area (Å²) >= 11 is 0. The normalized spacial score (nSPS) is 11.7. The molecule has 0 amide bonds. The molecule has 1 heterocycles. The molecule has 108 valence electrons. The van der Waals surface area contributed by atoms with Gasteiger partial charge in [0, 0.05) is 6.54 Å². The Balaban J connectivity index is 2.01. The van der Waals surface area contributed by atoms with E-state index >= 15 is 0 Å². The largest absolute Gasteiger partial charge is 0.332 e. The molecule has 0 atom stereocenters. The monoisotopic (exact) mass is 294 g/mol. The molecular weight excluding hydrogens is 276 g/mol. The SMILES string of the molecule is Cc1ncc(S(=O)(=O)NCc2ccc(CCN)cc2)[nH]1. The smallest absolute Gasteiger partial charge is 0.257 e. The third-order valence-electron chi connectivity index (χ3n) is 2.89. The van der Waals surface area contributed by atoms with Gasteiger partial charge in [0.25, 0.3) is 10.0 Å². The second kappa shape index (κ2) is 6.17. The van der Waals surface area contributed by atoms with Gasteiger partial charge in [0.15, 0.2) is 5.03 Å². The van der Waals surface area contributed by atoms with E-state index < -0.39 is 10.0 Å². The minimum Gasteiger partial charge on any atom is -0.332 e. The Hall–Kier alpha value is -1.70. The number of nitrogens with two attached hydrogens (primary N) is 1. The van der Waals surface area contributed by atoms with Crippen LogP contribution >= 0.6 is 0 Å². The van der Waals surface area contributed by atoms with E-state index in [0.717, 1.165) is 17.5 Å². The molecule has 0 saturated heterocycles. The van der Waals surface area contributed by atoms with Crippen LogP contribution in [0.2, 0.25) is 0 Å². The molecule has 1 aromatic heterocycles. The molecule has 1 aromatic carbocycles. The van der Waals surface area contributed by atoms with Crippen LogP contribution in [0.25, 0.3) is 0 Å². The maximum absolute atomic E-state index is 12.0. The van der Waals surface area contributed by atoms with Gasteiger partial charge in [-0.25, -0.2) is 18.1 Å². The van der Waals surface area contributed by atoms with E-state index in [1.807, 2.05) is 24.3 Å². The van der Waals surface area contributed by atoms with Crippen molar-refractivity contribution in [3.8, 4) is 0 Å². The van der Waals surface area contributed by atoms with Crippen LogP contribution in [0, 0.1) is 6.92 Å². The number of sulfonamides is 1. The molecule has 7 heteroatoms. The van der Waals surface area contributed by atoms with Crippen LogP contribution in [0.15, 0.2) is 35.5 Å². The second-order valence-electron chi connectivity index (χ2n) is 4.51. The first-order chi connectivity index (χ1) is 9.51. The topological polar surface area (TPSA) is 101 Å². The number of nitrogens with one attached hydrogen (secondary N) is 2. The average Bonchev–Trinajstić information content (AvgIpc) is 2.86. The van der Waals surface area contributed by atoms with Gasteiger partial charge in [0.2, 0.25) is 0 Å². The maximum Gasteiger partial charge on any atom is 0.257 e. The molecule has 0 radical (unpaired) electrons. The first-order valence-corrected chi connectivity index (χ1v) is 7.79. The molecule has 0 aliphatic heterocycles. The number of hydrogen-bond acceptors (Lipinski definition) is 4. The van der Waals surface area contributed by atoms with Gasteiger partial charge < -0.3 is 10.7 Å². The molecule has 0 unspecified atom stereocenters. The Morgan fingerprint density at radius 3 is 2.45 bits per heavy atom. The number of nitrogens with zero attached hydrogens (tertiary/aromatic N) is 1. The zero-order valence-corrected chi connectivity index (χ0v) is 12.1. The molecule has 0 aliphatic carbocycles. The zero-order chi connectivity index (χ0) is 14.6. The van der Waals surface area contributed by atoms with E-state index in [0.29, 0.717) is 12.4 Å². The summed E-state index contributed by atoms with van der Waals surface area (Å²) in [5, 5.41) is 0.0785. The third-order valence-corrected chi connectivity index (χ3v) is 4.20. The van der Waals surface area contributed by atoms with Crippen molar-refractivity contribution >= 4 is 10.0 Å². The van der Waals surface area contributed by atoms with Crippen LogP contribution in [-0.2, 0) is 23.0 Å². The molecule has 6 nitrogen and oxygen atoms in total. The molecule has 0 aliphatic rings. The van der Waals surface area contributed by atoms with Crippen LogP contribution in [0.5, 0.6) is 0 Å². The van der Waals surface area contributed by atoms with E-state index in [9.17, 15) is 8.42 Å². The van der Waals surface area contributed by atoms with E-state index in [2.05, 4.69) is 14.7 Å². The fourth-order valence-electron chi connectivity index (χ4n) is 1.78. The number of imidazole rings is 1. The number of H-pyrrole nitrogens is 1. The minimum absolute atomic E-state index is 0.0785. The predicted molar refractivity (Wildman–Crippen MR) is 76.6 cm³/mol. The fourth-order valence-corrected chi connectivity index (χ4v) is 2.77. The van der Waals surface area contributed by atoms with Crippen molar-refractivity contribution < 1.29 is 8.42 Å². The van der Waals surface area contributed by atoms with Crippen LogP contribution in [0.3, 0.4) is 0 Å². The maximum atomic E-state index is 12.0. The van der Waals surface area contributed by atoms with Crippen LogP contribution < -0.4 is 10.5 Å². The molecule has 2 rings (SSSR count). The number of aromatic amines is 1. The van der Waals surface area contributed by atoms with Crippen LogP contribution in [0.4, 0.5) is 0 Å². The van der Waals surface area contributed by atoms with Gasteiger partial charge in [0.1, 0.15) is 5.82 Å². The van der Waals surface area contributed by atoms with Crippen LogP contribution in [0.1, 0.15) is 17.0 Å². The van der Waals surface area contributed by atoms with E-state index in [1.165, 1.54) is 6.20 Å². The summed E-state index contributed by atoms with van der Waals surface area (Å²) in [7, 11) is -3.55. The van der Waals surface area contributed by atoms with Crippen molar-refractivity contribution in [3.63, 3.8) is 0 Å². The van der Waals surface area contributed by atoms with Gasteiger partial charge in [-0.3, -0.25) is 0 Å². The zero-order valence-electron chi connectivity index (χ0n) is 11.3. The molecule has 0 bridgehead atoms. The highest BCUT2D eigenvalue weighted by Crippen LogP contribution is 2.08. The number of hydrogen-bond donors (Lipinski definition) is 3. The second-order valence-corrected chi connectivity index (χ2v) is 6.25. The van der Waals surface area contributed by atoms with Crippen molar-refractivity contribution in [2.75, 3.05) is 6.54 Å². The summed E-state index contributed by atoms with van der Waals surface area (Å²) in [5.74, 6) is 0.566.